The zero-order valence-electron chi connectivity index (χ0n) is 7.32. The van der Waals surface area contributed by atoms with E-state index < -0.39 is 25.2 Å². The van der Waals surface area contributed by atoms with E-state index in [1.54, 1.807) is 0 Å². The molecule has 0 heterocycles. The van der Waals surface area contributed by atoms with Crippen molar-refractivity contribution in [1.29, 1.82) is 0 Å². The minimum Gasteiger partial charge on any atom is -0.247 e. The lowest BCUT2D eigenvalue weighted by molar-refractivity contribution is -0.130. The highest BCUT2D eigenvalue weighted by Crippen LogP contribution is 2.27. The van der Waals surface area contributed by atoms with Crippen LogP contribution in [0.1, 0.15) is 12.8 Å². The quantitative estimate of drug-likeness (QED) is 0.408. The maximum Gasteiger partial charge on any atom is 0.389 e. The van der Waals surface area contributed by atoms with Crippen LogP contribution in [0.5, 0.6) is 0 Å². The average Bonchev–Trinajstić information content (AvgIpc) is 1.98. The van der Waals surface area contributed by atoms with Crippen LogP contribution in [-0.2, 0) is 3.63 Å². The van der Waals surface area contributed by atoms with E-state index in [1.807, 2.05) is 0 Å². The number of hydrogen-bond acceptors (Lipinski definition) is 3. The van der Waals surface area contributed by atoms with E-state index in [0.717, 1.165) is 0 Å². The topological polar surface area (TPSA) is 9.23 Å². The highest BCUT2D eigenvalue weighted by atomic mass is 32.2. The summed E-state index contributed by atoms with van der Waals surface area (Å²) in [5, 5.41) is 0. The van der Waals surface area contributed by atoms with Crippen LogP contribution in [0.2, 0.25) is 0 Å². The van der Waals surface area contributed by atoms with Gasteiger partial charge < -0.3 is 0 Å². The number of rotatable bonds is 6. The van der Waals surface area contributed by atoms with E-state index in [2.05, 4.69) is 3.63 Å². The van der Waals surface area contributed by atoms with Gasteiger partial charge in [-0.2, -0.15) is 26.3 Å². The normalized spacial score (nSPS) is 13.2. The smallest absolute Gasteiger partial charge is 0.247 e. The van der Waals surface area contributed by atoms with Gasteiger partial charge in [0.2, 0.25) is 0 Å². The molecule has 0 amide bonds. The van der Waals surface area contributed by atoms with Crippen LogP contribution in [0.15, 0.2) is 0 Å². The van der Waals surface area contributed by atoms with Gasteiger partial charge in [-0.3, -0.25) is 0 Å². The molecular formula is C6H8F6OS2. The summed E-state index contributed by atoms with van der Waals surface area (Å²) in [6.07, 6.45) is -10.5. The number of halogens is 6. The molecule has 0 aromatic heterocycles. The Kier molecular flexibility index (Phi) is 6.85. The van der Waals surface area contributed by atoms with Gasteiger partial charge in [0, 0.05) is 35.6 Å². The minimum atomic E-state index is -4.26. The molecule has 15 heavy (non-hydrogen) atoms. The molecule has 9 heteroatoms. The van der Waals surface area contributed by atoms with Crippen molar-refractivity contribution in [3.63, 3.8) is 0 Å². The monoisotopic (exact) mass is 274 g/mol. The van der Waals surface area contributed by atoms with Gasteiger partial charge in [0.1, 0.15) is 0 Å². The zero-order chi connectivity index (χ0) is 11.9. The van der Waals surface area contributed by atoms with E-state index in [0.29, 0.717) is 24.1 Å². The number of alkyl halides is 6. The largest absolute Gasteiger partial charge is 0.389 e. The molecule has 0 fully saturated rings. The van der Waals surface area contributed by atoms with Crippen LogP contribution in [0, 0.1) is 0 Å². The fraction of sp³-hybridized carbons (Fsp3) is 1.00. The summed E-state index contributed by atoms with van der Waals surface area (Å²) < 4.78 is 73.8. The van der Waals surface area contributed by atoms with Crippen molar-refractivity contribution in [2.75, 3.05) is 11.5 Å². The van der Waals surface area contributed by atoms with E-state index in [-0.39, 0.29) is 11.5 Å². The van der Waals surface area contributed by atoms with Crippen molar-refractivity contribution in [3.8, 4) is 0 Å². The second kappa shape index (κ2) is 6.74. The van der Waals surface area contributed by atoms with Crippen molar-refractivity contribution in [2.45, 2.75) is 25.2 Å². The summed E-state index contributed by atoms with van der Waals surface area (Å²) in [6.45, 7) is 0. The molecule has 0 saturated carbocycles. The zero-order valence-corrected chi connectivity index (χ0v) is 8.95. The van der Waals surface area contributed by atoms with Crippen molar-refractivity contribution in [2.24, 2.45) is 0 Å². The van der Waals surface area contributed by atoms with Crippen LogP contribution >= 0.6 is 24.1 Å². The molecule has 0 saturated heterocycles. The Morgan fingerprint density at radius 3 is 1.33 bits per heavy atom. The van der Waals surface area contributed by atoms with Gasteiger partial charge in [-0.25, -0.2) is 3.63 Å². The van der Waals surface area contributed by atoms with E-state index in [1.165, 1.54) is 0 Å². The molecule has 0 aromatic rings. The lowest BCUT2D eigenvalue weighted by Crippen LogP contribution is -2.08. The van der Waals surface area contributed by atoms with Crippen molar-refractivity contribution < 1.29 is 30.0 Å². The highest BCUT2D eigenvalue weighted by Gasteiger charge is 2.27. The van der Waals surface area contributed by atoms with E-state index in [9.17, 15) is 26.3 Å². The van der Waals surface area contributed by atoms with Gasteiger partial charge in [0.05, 0.1) is 12.8 Å². The van der Waals surface area contributed by atoms with E-state index >= 15 is 0 Å². The second-order valence-corrected chi connectivity index (χ2v) is 4.27. The maximum absolute atomic E-state index is 11.6. The molecule has 0 aliphatic carbocycles. The van der Waals surface area contributed by atoms with Gasteiger partial charge in [0.15, 0.2) is 0 Å². The van der Waals surface area contributed by atoms with Gasteiger partial charge in [0.25, 0.3) is 0 Å². The van der Waals surface area contributed by atoms with Crippen LogP contribution in [0.4, 0.5) is 26.3 Å². The first-order chi connectivity index (χ1) is 6.71. The Balaban J connectivity index is 3.20. The molecule has 0 atom stereocenters. The molecule has 0 aliphatic heterocycles. The Morgan fingerprint density at radius 1 is 0.733 bits per heavy atom. The molecule has 0 aliphatic rings. The third-order valence-electron chi connectivity index (χ3n) is 1.03. The molecule has 1 nitrogen and oxygen atoms in total. The Labute approximate surface area is 91.3 Å². The first-order valence-corrected chi connectivity index (χ1v) is 5.57. The van der Waals surface area contributed by atoms with Gasteiger partial charge in [-0.15, -0.1) is 0 Å². The highest BCUT2D eigenvalue weighted by molar-refractivity contribution is 8.07. The Bertz CT molecular complexity index is 150. The molecule has 0 radical (unpaired) electrons. The molecule has 0 aromatic carbocycles. The van der Waals surface area contributed by atoms with Crippen LogP contribution in [0.3, 0.4) is 0 Å². The second-order valence-electron chi connectivity index (χ2n) is 2.44. The lowest BCUT2D eigenvalue weighted by Gasteiger charge is -2.06. The summed E-state index contributed by atoms with van der Waals surface area (Å²) >= 11 is 1.01. The lowest BCUT2D eigenvalue weighted by atomic mass is 10.5. The van der Waals surface area contributed by atoms with Crippen molar-refractivity contribution >= 4 is 24.1 Å². The predicted molar refractivity (Wildman–Crippen MR) is 47.3 cm³/mol. The molecule has 0 N–H and O–H groups in total. The van der Waals surface area contributed by atoms with Crippen LogP contribution in [0.25, 0.3) is 0 Å². The average molecular weight is 274 g/mol. The number of hydrogen-bond donors (Lipinski definition) is 0. The molecule has 0 unspecified atom stereocenters. The summed E-state index contributed by atoms with van der Waals surface area (Å²) in [5.74, 6) is -0.634. The first-order valence-electron chi connectivity index (χ1n) is 3.75. The predicted octanol–water partition coefficient (Wildman–Crippen LogP) is 4.20. The fourth-order valence-corrected chi connectivity index (χ4v) is 1.86. The molecule has 0 spiro atoms. The summed E-state index contributed by atoms with van der Waals surface area (Å²) in [4.78, 5) is 0. The maximum atomic E-state index is 11.6. The summed E-state index contributed by atoms with van der Waals surface area (Å²) in [5.41, 5.74) is 0. The Hall–Kier alpha value is 0.240. The van der Waals surface area contributed by atoms with Crippen molar-refractivity contribution in [3.05, 3.63) is 0 Å². The van der Waals surface area contributed by atoms with Crippen molar-refractivity contribution in [1.82, 2.24) is 0 Å². The van der Waals surface area contributed by atoms with Gasteiger partial charge in [-0.1, -0.05) is 0 Å². The summed E-state index contributed by atoms with van der Waals surface area (Å²) in [7, 11) is 0. The first kappa shape index (κ1) is 15.2. The molecule has 0 rings (SSSR count). The van der Waals surface area contributed by atoms with Gasteiger partial charge >= 0.3 is 12.4 Å². The molecular weight excluding hydrogens is 266 g/mol. The Morgan fingerprint density at radius 2 is 1.07 bits per heavy atom. The minimum absolute atomic E-state index is 0.317. The standard InChI is InChI=1S/C6H8F6OS2/c7-5(8,9)1-3-14-13-15-4-2-6(10,11)12/h1-4H2. The molecule has 0 bridgehead atoms. The van der Waals surface area contributed by atoms with Crippen LogP contribution in [-0.4, -0.2) is 23.9 Å². The third kappa shape index (κ3) is 14.2. The van der Waals surface area contributed by atoms with Gasteiger partial charge in [-0.05, 0) is 0 Å². The fourth-order valence-electron chi connectivity index (χ4n) is 0.417. The van der Waals surface area contributed by atoms with Crippen LogP contribution < -0.4 is 0 Å². The molecule has 92 valence electrons. The third-order valence-corrected chi connectivity index (χ3v) is 2.55. The SMILES string of the molecule is FC(F)(F)CCSOSCCC(F)(F)F. The van der Waals surface area contributed by atoms with E-state index in [4.69, 9.17) is 0 Å². The summed E-state index contributed by atoms with van der Waals surface area (Å²) in [6, 6.07) is 0.